The van der Waals surface area contributed by atoms with Crippen molar-refractivity contribution in [2.45, 2.75) is 84.5 Å². The SMILES string of the molecule is CC1=CC2C=C(C)C(C)C3C(CC(C)C)NC(=O)C23OC(=O)CCC(=O)CC(O)C1. The van der Waals surface area contributed by atoms with Crippen molar-refractivity contribution in [2.24, 2.45) is 23.7 Å². The second-order valence-electron chi connectivity index (χ2n) is 9.84. The van der Waals surface area contributed by atoms with Crippen LogP contribution in [0, 0.1) is 23.7 Å². The van der Waals surface area contributed by atoms with Crippen LogP contribution in [-0.4, -0.2) is 40.5 Å². The molecule has 6 unspecified atom stereocenters. The molecule has 2 aliphatic heterocycles. The third kappa shape index (κ3) is 4.25. The number of Topliss-reactive ketones (excluding diaryl/α,β-unsaturated/α-hetero) is 1. The van der Waals surface area contributed by atoms with Crippen molar-refractivity contribution in [1.82, 2.24) is 5.32 Å². The van der Waals surface area contributed by atoms with E-state index in [4.69, 9.17) is 4.74 Å². The minimum atomic E-state index is -1.32. The van der Waals surface area contributed by atoms with E-state index in [-0.39, 0.29) is 48.8 Å². The Balaban J connectivity index is 2.12. The minimum absolute atomic E-state index is 0.0194. The van der Waals surface area contributed by atoms with Crippen molar-refractivity contribution in [3.63, 3.8) is 0 Å². The molecule has 1 aliphatic carbocycles. The highest BCUT2D eigenvalue weighted by Gasteiger charge is 2.64. The predicted octanol–water partition coefficient (Wildman–Crippen LogP) is 3.09. The maximum absolute atomic E-state index is 13.4. The molecule has 1 saturated heterocycles. The Morgan fingerprint density at radius 2 is 1.87 bits per heavy atom. The number of carbonyl (C=O) groups is 3. The fourth-order valence-corrected chi connectivity index (χ4v) is 5.49. The number of allylic oxidation sites excluding steroid dienone is 1. The van der Waals surface area contributed by atoms with Crippen LogP contribution < -0.4 is 5.32 Å². The molecule has 1 fully saturated rings. The highest BCUT2D eigenvalue weighted by molar-refractivity contribution is 5.93. The Bertz CT molecular complexity index is 782. The van der Waals surface area contributed by atoms with Crippen LogP contribution in [0.4, 0.5) is 0 Å². The van der Waals surface area contributed by atoms with E-state index in [0.717, 1.165) is 12.0 Å². The molecule has 0 saturated carbocycles. The number of hydrogen-bond acceptors (Lipinski definition) is 5. The van der Waals surface area contributed by atoms with E-state index in [9.17, 15) is 19.5 Å². The molecule has 1 spiro atoms. The van der Waals surface area contributed by atoms with Crippen LogP contribution in [0.15, 0.2) is 23.3 Å². The molecule has 6 heteroatoms. The van der Waals surface area contributed by atoms with Crippen LogP contribution in [0.2, 0.25) is 0 Å². The Morgan fingerprint density at radius 3 is 2.53 bits per heavy atom. The number of esters is 1. The molecule has 2 N–H and O–H groups in total. The van der Waals surface area contributed by atoms with Crippen molar-refractivity contribution in [1.29, 1.82) is 0 Å². The van der Waals surface area contributed by atoms with Gasteiger partial charge in [-0.15, -0.1) is 0 Å². The number of rotatable bonds is 2. The monoisotopic (exact) mass is 417 g/mol. The number of hydrogen-bond donors (Lipinski definition) is 2. The molecular formula is C24H35NO5. The first-order valence-electron chi connectivity index (χ1n) is 11.1. The molecule has 30 heavy (non-hydrogen) atoms. The van der Waals surface area contributed by atoms with Crippen molar-refractivity contribution in [2.75, 3.05) is 0 Å². The van der Waals surface area contributed by atoms with Gasteiger partial charge in [0.25, 0.3) is 5.91 Å². The summed E-state index contributed by atoms with van der Waals surface area (Å²) in [6.07, 6.45) is 4.34. The fourth-order valence-electron chi connectivity index (χ4n) is 5.49. The summed E-state index contributed by atoms with van der Waals surface area (Å²) in [4.78, 5) is 38.4. The molecule has 0 bridgehead atoms. The lowest BCUT2D eigenvalue weighted by molar-refractivity contribution is -0.177. The lowest BCUT2D eigenvalue weighted by Gasteiger charge is -2.45. The largest absolute Gasteiger partial charge is 0.448 e. The van der Waals surface area contributed by atoms with E-state index < -0.39 is 23.6 Å². The molecule has 166 valence electrons. The lowest BCUT2D eigenvalue weighted by atomic mass is 9.63. The first-order valence-corrected chi connectivity index (χ1v) is 11.1. The molecule has 6 nitrogen and oxygen atoms in total. The molecule has 2 heterocycles. The van der Waals surface area contributed by atoms with Crippen molar-refractivity contribution in [3.8, 4) is 0 Å². The molecule has 0 radical (unpaired) electrons. The Kier molecular flexibility index (Phi) is 6.56. The van der Waals surface area contributed by atoms with E-state index in [1.165, 1.54) is 5.57 Å². The van der Waals surface area contributed by atoms with E-state index in [1.54, 1.807) is 0 Å². The number of ketones is 1. The molecule has 3 rings (SSSR count). The van der Waals surface area contributed by atoms with Crippen LogP contribution in [-0.2, 0) is 19.1 Å². The zero-order valence-electron chi connectivity index (χ0n) is 18.7. The number of carbonyl (C=O) groups excluding carboxylic acids is 3. The Labute approximate surface area is 179 Å². The van der Waals surface area contributed by atoms with Crippen molar-refractivity contribution in [3.05, 3.63) is 23.3 Å². The highest BCUT2D eigenvalue weighted by atomic mass is 16.6. The zero-order chi connectivity index (χ0) is 22.2. The first kappa shape index (κ1) is 22.7. The maximum Gasteiger partial charge on any atom is 0.307 e. The zero-order valence-corrected chi connectivity index (χ0v) is 18.7. The van der Waals surface area contributed by atoms with Crippen LogP contribution in [0.25, 0.3) is 0 Å². The standard InChI is InChI=1S/C24H35NO5/c1-13(2)8-20-22-16(5)15(4)11-17-9-14(3)10-19(27)12-18(26)6-7-21(28)30-24(17,22)23(29)25-20/h9,11,13,16-17,19-20,22,27H,6-8,10,12H2,1-5H3,(H,25,29). The summed E-state index contributed by atoms with van der Waals surface area (Å²) in [6.45, 7) is 10.3. The maximum atomic E-state index is 13.4. The molecule has 0 aromatic carbocycles. The number of amides is 1. The van der Waals surface area contributed by atoms with Crippen LogP contribution in [0.3, 0.4) is 0 Å². The fraction of sp³-hybridized carbons (Fsp3) is 0.708. The van der Waals surface area contributed by atoms with Gasteiger partial charge in [0.2, 0.25) is 5.60 Å². The first-order chi connectivity index (χ1) is 14.0. The number of aliphatic hydroxyl groups is 1. The molecule has 6 atom stereocenters. The summed E-state index contributed by atoms with van der Waals surface area (Å²) in [5.41, 5.74) is 0.742. The van der Waals surface area contributed by atoms with E-state index >= 15 is 0 Å². The van der Waals surface area contributed by atoms with Gasteiger partial charge < -0.3 is 15.2 Å². The average Bonchev–Trinajstić information content (AvgIpc) is 2.88. The third-order valence-electron chi connectivity index (χ3n) is 6.90. The summed E-state index contributed by atoms with van der Waals surface area (Å²) >= 11 is 0. The summed E-state index contributed by atoms with van der Waals surface area (Å²) in [7, 11) is 0. The smallest absolute Gasteiger partial charge is 0.307 e. The summed E-state index contributed by atoms with van der Waals surface area (Å²) in [6, 6.07) is -0.0831. The van der Waals surface area contributed by atoms with Gasteiger partial charge >= 0.3 is 5.97 Å². The van der Waals surface area contributed by atoms with Gasteiger partial charge in [-0.2, -0.15) is 0 Å². The van der Waals surface area contributed by atoms with Gasteiger partial charge in [-0.1, -0.05) is 44.1 Å². The minimum Gasteiger partial charge on any atom is -0.448 e. The van der Waals surface area contributed by atoms with E-state index in [1.807, 2.05) is 19.1 Å². The van der Waals surface area contributed by atoms with Gasteiger partial charge in [-0.05, 0) is 38.5 Å². The normalized spacial score (nSPS) is 37.8. The predicted molar refractivity (Wildman–Crippen MR) is 113 cm³/mol. The van der Waals surface area contributed by atoms with Gasteiger partial charge in [-0.3, -0.25) is 14.4 Å². The number of aliphatic hydroxyl groups excluding tert-OH is 1. The number of nitrogens with one attached hydrogen (secondary N) is 1. The number of ether oxygens (including phenoxy) is 1. The molecular weight excluding hydrogens is 382 g/mol. The summed E-state index contributed by atoms with van der Waals surface area (Å²) in [5.74, 6) is -1.07. The Morgan fingerprint density at radius 1 is 1.17 bits per heavy atom. The second-order valence-corrected chi connectivity index (χ2v) is 9.84. The van der Waals surface area contributed by atoms with Crippen LogP contribution in [0.1, 0.15) is 66.7 Å². The molecule has 0 aromatic heterocycles. The van der Waals surface area contributed by atoms with Gasteiger partial charge in [0.05, 0.1) is 12.5 Å². The summed E-state index contributed by atoms with van der Waals surface area (Å²) < 4.78 is 6.05. The second kappa shape index (κ2) is 8.66. The Hall–Kier alpha value is -1.95. The van der Waals surface area contributed by atoms with Gasteiger partial charge in [-0.25, -0.2) is 0 Å². The topological polar surface area (TPSA) is 92.7 Å². The van der Waals surface area contributed by atoms with Crippen molar-refractivity contribution >= 4 is 17.7 Å². The van der Waals surface area contributed by atoms with Gasteiger partial charge in [0.15, 0.2) is 0 Å². The molecule has 3 aliphatic rings. The summed E-state index contributed by atoms with van der Waals surface area (Å²) in [5, 5.41) is 13.4. The quantitative estimate of drug-likeness (QED) is 0.532. The lowest BCUT2D eigenvalue weighted by Crippen LogP contribution is -2.56. The van der Waals surface area contributed by atoms with Gasteiger partial charge in [0, 0.05) is 30.7 Å². The van der Waals surface area contributed by atoms with Crippen LogP contribution in [0.5, 0.6) is 0 Å². The van der Waals surface area contributed by atoms with Crippen LogP contribution >= 0.6 is 0 Å². The third-order valence-corrected chi connectivity index (χ3v) is 6.90. The van der Waals surface area contributed by atoms with Gasteiger partial charge in [0.1, 0.15) is 5.78 Å². The highest BCUT2D eigenvalue weighted by Crippen LogP contribution is 2.51. The van der Waals surface area contributed by atoms with E-state index in [2.05, 4.69) is 33.0 Å². The van der Waals surface area contributed by atoms with Crippen molar-refractivity contribution < 1.29 is 24.2 Å². The van der Waals surface area contributed by atoms with E-state index in [0.29, 0.717) is 12.3 Å². The molecule has 1 amide bonds. The molecule has 0 aromatic rings. The average molecular weight is 418 g/mol.